The molecule has 0 aliphatic carbocycles. The maximum Gasteiger partial charge on any atom is 0.692 e. The smallest absolute Gasteiger partial charge is 0.395 e. The highest BCUT2D eigenvalue weighted by atomic mass is 31.1. The van der Waals surface area contributed by atoms with Crippen molar-refractivity contribution < 1.29 is 24.6 Å². The third kappa shape index (κ3) is 22.5. The van der Waals surface area contributed by atoms with Gasteiger partial charge in [0.25, 0.3) is 0 Å². The fourth-order valence-corrected chi connectivity index (χ4v) is 0.453. The number of nitrogens with zero attached hydrogens (tertiary/aromatic N) is 1. The van der Waals surface area contributed by atoms with E-state index >= 15 is 0 Å². The van der Waals surface area contributed by atoms with E-state index in [2.05, 4.69) is 0 Å². The molecule has 6 nitrogen and oxygen atoms in total. The molecule has 0 aromatic rings. The maximum absolute atomic E-state index is 8.70. The summed E-state index contributed by atoms with van der Waals surface area (Å²) in [5.41, 5.74) is 0. The van der Waals surface area contributed by atoms with E-state index < -0.39 is 8.25 Å². The highest BCUT2D eigenvalue weighted by Crippen LogP contribution is 1.98. The van der Waals surface area contributed by atoms with E-state index in [1.54, 1.807) is 0 Å². The molecule has 0 saturated carbocycles. The van der Waals surface area contributed by atoms with Crippen LogP contribution in [0.2, 0.25) is 0 Å². The van der Waals surface area contributed by atoms with E-state index in [0.717, 1.165) is 0 Å². The van der Waals surface area contributed by atoms with E-state index in [1.165, 1.54) is 0 Å². The fourth-order valence-electron chi connectivity index (χ4n) is 0.453. The lowest BCUT2D eigenvalue weighted by atomic mass is 10.5. The quantitative estimate of drug-likeness (QED) is 0.413. The fraction of sp³-hybridized carbons (Fsp3) is 1.00. The molecule has 0 spiro atoms. The van der Waals surface area contributed by atoms with Gasteiger partial charge in [0.1, 0.15) is 0 Å². The van der Waals surface area contributed by atoms with Gasteiger partial charge in [-0.05, 0) is 7.05 Å². The van der Waals surface area contributed by atoms with Crippen molar-refractivity contribution >= 4 is 8.25 Å². The van der Waals surface area contributed by atoms with Crippen molar-refractivity contribution in [1.82, 2.24) is 4.90 Å². The van der Waals surface area contributed by atoms with Gasteiger partial charge in [-0.25, -0.2) is 0 Å². The SMILES string of the molecule is CN(CCO)CCO.O=[P+](O)O. The summed E-state index contributed by atoms with van der Waals surface area (Å²) in [6.07, 6.45) is 0. The van der Waals surface area contributed by atoms with Crippen LogP contribution in [0.1, 0.15) is 0 Å². The molecule has 0 aromatic heterocycles. The lowest BCUT2D eigenvalue weighted by molar-refractivity contribution is 0.184. The van der Waals surface area contributed by atoms with Crippen LogP contribution in [-0.4, -0.2) is 58.3 Å². The molecule has 0 amide bonds. The second-order valence-corrected chi connectivity index (χ2v) is 2.51. The Morgan fingerprint density at radius 3 is 1.58 bits per heavy atom. The zero-order valence-electron chi connectivity index (χ0n) is 6.92. The molecule has 4 N–H and O–H groups in total. The number of rotatable bonds is 4. The molecule has 0 saturated heterocycles. The number of likely N-dealkylation sites (N-methyl/N-ethyl adjacent to an activating group) is 1. The lowest BCUT2D eigenvalue weighted by Gasteiger charge is -2.11. The average Bonchev–Trinajstić information content (AvgIpc) is 1.87. The van der Waals surface area contributed by atoms with Crippen LogP contribution >= 0.6 is 8.25 Å². The number of aliphatic hydroxyl groups excluding tert-OH is 2. The largest absolute Gasteiger partial charge is 0.692 e. The molecule has 12 heavy (non-hydrogen) atoms. The Labute approximate surface area is 72.0 Å². The predicted octanol–water partition coefficient (Wildman–Crippen LogP) is -1.47. The van der Waals surface area contributed by atoms with E-state index in [0.29, 0.717) is 13.1 Å². The van der Waals surface area contributed by atoms with Gasteiger partial charge in [-0.15, -0.1) is 9.79 Å². The van der Waals surface area contributed by atoms with Crippen LogP contribution in [0.5, 0.6) is 0 Å². The van der Waals surface area contributed by atoms with Gasteiger partial charge in [0.15, 0.2) is 0 Å². The summed E-state index contributed by atoms with van der Waals surface area (Å²) in [7, 11) is -1.02. The standard InChI is InChI=1S/C5H13NO2.HO3P/c1-6(2-4-7)3-5-8;1-4(2)3/h7-8H,2-5H2,1H3;(H-,1,2,3)/p+1. The van der Waals surface area contributed by atoms with E-state index in [9.17, 15) is 0 Å². The van der Waals surface area contributed by atoms with Crippen LogP contribution in [0.25, 0.3) is 0 Å². The molecule has 7 heteroatoms. The molecule has 0 radical (unpaired) electrons. The molecule has 0 fully saturated rings. The van der Waals surface area contributed by atoms with Gasteiger partial charge >= 0.3 is 8.25 Å². The van der Waals surface area contributed by atoms with Crippen molar-refractivity contribution in [1.29, 1.82) is 0 Å². The average molecular weight is 200 g/mol. The summed E-state index contributed by atoms with van der Waals surface area (Å²) in [5.74, 6) is 0. The molecule has 0 rings (SSSR count). The first-order valence-electron chi connectivity index (χ1n) is 3.29. The number of aliphatic hydroxyl groups is 2. The van der Waals surface area contributed by atoms with Gasteiger partial charge in [-0.3, -0.25) is 0 Å². The van der Waals surface area contributed by atoms with Crippen LogP contribution in [0.15, 0.2) is 0 Å². The first-order valence-corrected chi connectivity index (χ1v) is 4.46. The van der Waals surface area contributed by atoms with Gasteiger partial charge in [-0.2, -0.15) is 0 Å². The summed E-state index contributed by atoms with van der Waals surface area (Å²) in [6, 6.07) is 0. The Balaban J connectivity index is 0. The van der Waals surface area contributed by atoms with E-state index in [1.807, 2.05) is 11.9 Å². The van der Waals surface area contributed by atoms with Crippen LogP contribution in [0.4, 0.5) is 0 Å². The minimum Gasteiger partial charge on any atom is -0.395 e. The Morgan fingerprint density at radius 2 is 1.42 bits per heavy atom. The predicted molar refractivity (Wildman–Crippen MR) is 43.7 cm³/mol. The summed E-state index contributed by atoms with van der Waals surface area (Å²) in [6.45, 7) is 1.61. The Morgan fingerprint density at radius 1 is 1.17 bits per heavy atom. The van der Waals surface area contributed by atoms with Crippen molar-refractivity contribution in [3.8, 4) is 0 Å². The summed E-state index contributed by atoms with van der Waals surface area (Å²) < 4.78 is 8.70. The van der Waals surface area contributed by atoms with Gasteiger partial charge in [0.05, 0.1) is 13.2 Å². The minimum absolute atomic E-state index is 0.163. The number of hydrogen-bond acceptors (Lipinski definition) is 4. The van der Waals surface area contributed by atoms with E-state index in [4.69, 9.17) is 24.6 Å². The molecule has 74 valence electrons. The first-order chi connectivity index (χ1) is 5.54. The molecule has 0 aliphatic rings. The van der Waals surface area contributed by atoms with Crippen molar-refractivity contribution in [3.05, 3.63) is 0 Å². The van der Waals surface area contributed by atoms with Crippen molar-refractivity contribution in [2.45, 2.75) is 0 Å². The van der Waals surface area contributed by atoms with Crippen LogP contribution in [0, 0.1) is 0 Å². The van der Waals surface area contributed by atoms with Crippen LogP contribution < -0.4 is 0 Å². The summed E-state index contributed by atoms with van der Waals surface area (Å²) >= 11 is 0. The van der Waals surface area contributed by atoms with Crippen LogP contribution in [-0.2, 0) is 4.57 Å². The zero-order valence-corrected chi connectivity index (χ0v) is 7.81. The van der Waals surface area contributed by atoms with Gasteiger partial charge in [0, 0.05) is 17.7 Å². The second-order valence-electron chi connectivity index (χ2n) is 2.00. The summed E-state index contributed by atoms with van der Waals surface area (Å²) in [5, 5.41) is 16.7. The van der Waals surface area contributed by atoms with Crippen LogP contribution in [0.3, 0.4) is 0 Å². The van der Waals surface area contributed by atoms with Crippen molar-refractivity contribution in [2.24, 2.45) is 0 Å². The molecule has 0 atom stereocenters. The topological polar surface area (TPSA) is 101 Å². The summed E-state index contributed by atoms with van der Waals surface area (Å²) in [4.78, 5) is 16.1. The Bertz CT molecular complexity index is 102. The Kier molecular flexibility index (Phi) is 13.1. The zero-order chi connectivity index (χ0) is 9.98. The first kappa shape index (κ1) is 14.4. The second kappa shape index (κ2) is 10.9. The minimum atomic E-state index is -2.87. The van der Waals surface area contributed by atoms with E-state index in [-0.39, 0.29) is 13.2 Å². The van der Waals surface area contributed by atoms with Crippen molar-refractivity contribution in [3.63, 3.8) is 0 Å². The monoisotopic (exact) mass is 200 g/mol. The third-order valence-corrected chi connectivity index (χ3v) is 0.963. The molecule has 0 unspecified atom stereocenters. The van der Waals surface area contributed by atoms with Crippen molar-refractivity contribution in [2.75, 3.05) is 33.4 Å². The lowest BCUT2D eigenvalue weighted by Crippen LogP contribution is -2.25. The molecule has 0 aromatic carbocycles. The molecule has 0 heterocycles. The third-order valence-electron chi connectivity index (χ3n) is 0.963. The normalized spacial score (nSPS) is 9.17. The maximum atomic E-state index is 8.70. The molecular weight excluding hydrogens is 185 g/mol. The Hall–Kier alpha value is -0.100. The number of hydrogen-bond donors (Lipinski definition) is 4. The molecule has 0 bridgehead atoms. The van der Waals surface area contributed by atoms with Gasteiger partial charge < -0.3 is 15.1 Å². The highest BCUT2D eigenvalue weighted by molar-refractivity contribution is 7.30. The van der Waals surface area contributed by atoms with Gasteiger partial charge in [-0.1, -0.05) is 0 Å². The molecule has 0 aliphatic heterocycles. The molecular formula is C5H15NO5P+. The van der Waals surface area contributed by atoms with Gasteiger partial charge in [0.2, 0.25) is 0 Å². The highest BCUT2D eigenvalue weighted by Gasteiger charge is 1.93.